The van der Waals surface area contributed by atoms with E-state index in [9.17, 15) is 0 Å². The molecule has 2 unspecified atom stereocenters. The molecule has 2 atom stereocenters. The van der Waals surface area contributed by atoms with Crippen LogP contribution in [-0.2, 0) is 6.42 Å². The standard InChI is InChI=1S/C12H19N3/c1-4-9-6-11(9)15-12-7-10(5-2)13-8(3)14-12/h7,9,11H,4-6H2,1-3H3,(H,13,14,15). The fourth-order valence-corrected chi connectivity index (χ4v) is 1.95. The van der Waals surface area contributed by atoms with Gasteiger partial charge in [-0.3, -0.25) is 0 Å². The minimum absolute atomic E-state index is 0.647. The van der Waals surface area contributed by atoms with E-state index in [1.807, 2.05) is 6.92 Å². The Morgan fingerprint density at radius 3 is 2.80 bits per heavy atom. The molecule has 82 valence electrons. The molecule has 1 aliphatic carbocycles. The number of aryl methyl sites for hydroxylation is 2. The first-order chi connectivity index (χ1) is 7.22. The summed E-state index contributed by atoms with van der Waals surface area (Å²) in [5.41, 5.74) is 1.12. The summed E-state index contributed by atoms with van der Waals surface area (Å²) < 4.78 is 0. The highest BCUT2D eigenvalue weighted by Crippen LogP contribution is 2.35. The van der Waals surface area contributed by atoms with Crippen LogP contribution in [0.4, 0.5) is 5.82 Å². The van der Waals surface area contributed by atoms with Crippen molar-refractivity contribution in [1.82, 2.24) is 9.97 Å². The molecule has 1 heterocycles. The van der Waals surface area contributed by atoms with Gasteiger partial charge in [0.2, 0.25) is 0 Å². The number of rotatable bonds is 4. The molecule has 1 aliphatic rings. The second-order valence-electron chi connectivity index (χ2n) is 4.30. The van der Waals surface area contributed by atoms with E-state index in [4.69, 9.17) is 0 Å². The third kappa shape index (κ3) is 2.46. The van der Waals surface area contributed by atoms with Crippen LogP contribution in [0.25, 0.3) is 0 Å². The number of nitrogens with one attached hydrogen (secondary N) is 1. The van der Waals surface area contributed by atoms with Crippen molar-refractivity contribution in [2.45, 2.75) is 46.1 Å². The third-order valence-corrected chi connectivity index (χ3v) is 3.03. The van der Waals surface area contributed by atoms with Crippen LogP contribution in [0.3, 0.4) is 0 Å². The summed E-state index contributed by atoms with van der Waals surface area (Å²) in [6.45, 7) is 6.32. The molecule has 0 amide bonds. The average molecular weight is 205 g/mol. The van der Waals surface area contributed by atoms with Crippen molar-refractivity contribution in [2.24, 2.45) is 5.92 Å². The fraction of sp³-hybridized carbons (Fsp3) is 0.667. The first-order valence-electron chi connectivity index (χ1n) is 5.84. The van der Waals surface area contributed by atoms with Crippen LogP contribution in [-0.4, -0.2) is 16.0 Å². The van der Waals surface area contributed by atoms with Crippen LogP contribution < -0.4 is 5.32 Å². The van der Waals surface area contributed by atoms with Crippen molar-refractivity contribution in [2.75, 3.05) is 5.32 Å². The van der Waals surface area contributed by atoms with Gasteiger partial charge in [0.25, 0.3) is 0 Å². The molecule has 0 aliphatic heterocycles. The number of hydrogen-bond acceptors (Lipinski definition) is 3. The van der Waals surface area contributed by atoms with Gasteiger partial charge in [-0.1, -0.05) is 20.3 Å². The van der Waals surface area contributed by atoms with E-state index < -0.39 is 0 Å². The molecule has 15 heavy (non-hydrogen) atoms. The summed E-state index contributed by atoms with van der Waals surface area (Å²) in [6, 6.07) is 2.71. The molecule has 0 bridgehead atoms. The molecular formula is C12H19N3. The van der Waals surface area contributed by atoms with Crippen LogP contribution in [0.15, 0.2) is 6.07 Å². The second-order valence-corrected chi connectivity index (χ2v) is 4.30. The van der Waals surface area contributed by atoms with E-state index in [2.05, 4.69) is 35.2 Å². The summed E-state index contributed by atoms with van der Waals surface area (Å²) >= 11 is 0. The lowest BCUT2D eigenvalue weighted by Gasteiger charge is -2.07. The molecule has 3 nitrogen and oxygen atoms in total. The Morgan fingerprint density at radius 2 is 2.20 bits per heavy atom. The van der Waals surface area contributed by atoms with E-state index in [0.29, 0.717) is 6.04 Å². The van der Waals surface area contributed by atoms with Crippen LogP contribution in [0.5, 0.6) is 0 Å². The molecular weight excluding hydrogens is 186 g/mol. The predicted octanol–water partition coefficient (Wildman–Crippen LogP) is 2.56. The van der Waals surface area contributed by atoms with Crippen molar-refractivity contribution in [3.63, 3.8) is 0 Å². The molecule has 0 saturated heterocycles. The summed E-state index contributed by atoms with van der Waals surface area (Å²) in [6.07, 6.45) is 3.53. The summed E-state index contributed by atoms with van der Waals surface area (Å²) in [5, 5.41) is 3.48. The quantitative estimate of drug-likeness (QED) is 0.821. The Balaban J connectivity index is 2.05. The molecule has 0 spiro atoms. The minimum Gasteiger partial charge on any atom is -0.367 e. The van der Waals surface area contributed by atoms with Gasteiger partial charge in [0.15, 0.2) is 0 Å². The van der Waals surface area contributed by atoms with E-state index in [0.717, 1.165) is 29.7 Å². The maximum absolute atomic E-state index is 4.41. The Kier molecular flexibility index (Phi) is 2.89. The lowest BCUT2D eigenvalue weighted by Crippen LogP contribution is -2.08. The normalized spacial score (nSPS) is 23.9. The fourth-order valence-electron chi connectivity index (χ4n) is 1.95. The Labute approximate surface area is 91.3 Å². The largest absolute Gasteiger partial charge is 0.367 e. The van der Waals surface area contributed by atoms with Gasteiger partial charge >= 0.3 is 0 Å². The zero-order valence-electron chi connectivity index (χ0n) is 9.75. The van der Waals surface area contributed by atoms with E-state index in [1.54, 1.807) is 0 Å². The van der Waals surface area contributed by atoms with Gasteiger partial charge in [0.05, 0.1) is 0 Å². The van der Waals surface area contributed by atoms with Crippen molar-refractivity contribution in [3.05, 3.63) is 17.6 Å². The average Bonchev–Trinajstić information content (AvgIpc) is 2.95. The van der Waals surface area contributed by atoms with E-state index in [-0.39, 0.29) is 0 Å². The van der Waals surface area contributed by atoms with Gasteiger partial charge in [0.1, 0.15) is 11.6 Å². The maximum atomic E-state index is 4.41. The van der Waals surface area contributed by atoms with Crippen LogP contribution >= 0.6 is 0 Å². The van der Waals surface area contributed by atoms with Gasteiger partial charge in [-0.05, 0) is 25.7 Å². The summed E-state index contributed by atoms with van der Waals surface area (Å²) in [4.78, 5) is 8.78. The lowest BCUT2D eigenvalue weighted by atomic mass is 10.3. The first-order valence-corrected chi connectivity index (χ1v) is 5.84. The summed E-state index contributed by atoms with van der Waals surface area (Å²) in [5.74, 6) is 2.72. The molecule has 0 aromatic carbocycles. The van der Waals surface area contributed by atoms with Gasteiger partial charge < -0.3 is 5.32 Å². The zero-order chi connectivity index (χ0) is 10.8. The highest BCUT2D eigenvalue weighted by molar-refractivity contribution is 5.39. The molecule has 1 aromatic rings. The topological polar surface area (TPSA) is 37.8 Å². The third-order valence-electron chi connectivity index (χ3n) is 3.03. The van der Waals surface area contributed by atoms with Gasteiger partial charge in [0, 0.05) is 17.8 Å². The van der Waals surface area contributed by atoms with Crippen molar-refractivity contribution in [1.29, 1.82) is 0 Å². The Bertz CT molecular complexity index is 349. The van der Waals surface area contributed by atoms with Crippen molar-refractivity contribution >= 4 is 5.82 Å². The molecule has 1 saturated carbocycles. The number of anilines is 1. The van der Waals surface area contributed by atoms with Gasteiger partial charge in [-0.2, -0.15) is 0 Å². The lowest BCUT2D eigenvalue weighted by molar-refractivity contribution is 0.772. The molecule has 1 fully saturated rings. The summed E-state index contributed by atoms with van der Waals surface area (Å²) in [7, 11) is 0. The maximum Gasteiger partial charge on any atom is 0.130 e. The zero-order valence-corrected chi connectivity index (χ0v) is 9.75. The number of hydrogen-bond donors (Lipinski definition) is 1. The van der Waals surface area contributed by atoms with Gasteiger partial charge in [-0.25, -0.2) is 9.97 Å². The van der Waals surface area contributed by atoms with Gasteiger partial charge in [-0.15, -0.1) is 0 Å². The monoisotopic (exact) mass is 205 g/mol. The van der Waals surface area contributed by atoms with E-state index >= 15 is 0 Å². The van der Waals surface area contributed by atoms with Crippen molar-refractivity contribution in [3.8, 4) is 0 Å². The Hall–Kier alpha value is -1.12. The van der Waals surface area contributed by atoms with Crippen LogP contribution in [0, 0.1) is 12.8 Å². The predicted molar refractivity (Wildman–Crippen MR) is 62.0 cm³/mol. The number of nitrogens with zero attached hydrogens (tertiary/aromatic N) is 2. The van der Waals surface area contributed by atoms with Crippen LogP contribution in [0.1, 0.15) is 38.2 Å². The highest BCUT2D eigenvalue weighted by atomic mass is 15.1. The molecule has 3 heteroatoms. The van der Waals surface area contributed by atoms with E-state index in [1.165, 1.54) is 12.8 Å². The van der Waals surface area contributed by atoms with Crippen LogP contribution in [0.2, 0.25) is 0 Å². The molecule has 0 radical (unpaired) electrons. The molecule has 1 N–H and O–H groups in total. The second kappa shape index (κ2) is 4.17. The first kappa shape index (κ1) is 10.4. The molecule has 2 rings (SSSR count). The minimum atomic E-state index is 0.647. The molecule has 1 aromatic heterocycles. The SMILES string of the molecule is CCc1cc(NC2CC2CC)nc(C)n1. The number of aromatic nitrogens is 2. The van der Waals surface area contributed by atoms with Crippen molar-refractivity contribution < 1.29 is 0 Å². The smallest absolute Gasteiger partial charge is 0.130 e. The highest BCUT2D eigenvalue weighted by Gasteiger charge is 2.35. The Morgan fingerprint density at radius 1 is 1.40 bits per heavy atom.